The van der Waals surface area contributed by atoms with Crippen LogP contribution in [-0.4, -0.2) is 38.4 Å². The Balaban J connectivity index is 2.42. The van der Waals surface area contributed by atoms with Crippen LogP contribution in [0.25, 0.3) is 0 Å². The van der Waals surface area contributed by atoms with E-state index in [4.69, 9.17) is 9.47 Å². The average molecular weight is 271 g/mol. The van der Waals surface area contributed by atoms with Crippen molar-refractivity contribution in [3.8, 4) is 0 Å². The van der Waals surface area contributed by atoms with Gasteiger partial charge in [-0.2, -0.15) is 0 Å². The molecule has 0 aromatic heterocycles. The van der Waals surface area contributed by atoms with Crippen molar-refractivity contribution in [2.45, 2.75) is 57.9 Å². The van der Waals surface area contributed by atoms with E-state index in [1.54, 1.807) is 0 Å². The molecule has 0 saturated heterocycles. The van der Waals surface area contributed by atoms with Crippen LogP contribution in [0, 0.1) is 5.92 Å². The van der Waals surface area contributed by atoms with Gasteiger partial charge in [0.05, 0.1) is 13.7 Å². The van der Waals surface area contributed by atoms with Gasteiger partial charge in [0, 0.05) is 6.61 Å². The molecule has 0 amide bonds. The number of esters is 1. The number of likely N-dealkylation sites (N-methyl/N-ethyl adjacent to an activating group) is 1. The third kappa shape index (κ3) is 4.77. The number of methoxy groups -OCH3 is 1. The molecule has 0 heterocycles. The van der Waals surface area contributed by atoms with E-state index in [0.29, 0.717) is 12.5 Å². The van der Waals surface area contributed by atoms with Gasteiger partial charge in [-0.15, -0.1) is 0 Å². The molecule has 0 aromatic rings. The van der Waals surface area contributed by atoms with Crippen molar-refractivity contribution in [1.29, 1.82) is 0 Å². The van der Waals surface area contributed by atoms with E-state index in [2.05, 4.69) is 12.2 Å². The zero-order chi connectivity index (χ0) is 14.1. The average Bonchev–Trinajstić information content (AvgIpc) is 3.25. The Morgan fingerprint density at radius 3 is 2.53 bits per heavy atom. The number of hydrogen-bond donors (Lipinski definition) is 1. The maximum absolute atomic E-state index is 12.1. The first-order valence-electron chi connectivity index (χ1n) is 7.62. The molecule has 0 spiro atoms. The van der Waals surface area contributed by atoms with E-state index in [1.165, 1.54) is 26.4 Å². The molecule has 4 heteroatoms. The molecule has 1 aliphatic rings. The first kappa shape index (κ1) is 16.4. The molecular formula is C15H29NO3. The smallest absolute Gasteiger partial charge is 0.328 e. The number of nitrogens with one attached hydrogen (secondary N) is 1. The Morgan fingerprint density at radius 1 is 1.26 bits per heavy atom. The van der Waals surface area contributed by atoms with Gasteiger partial charge in [0.2, 0.25) is 0 Å². The number of rotatable bonds is 11. The molecule has 0 aromatic carbocycles. The standard InChI is InChI=1S/C15H29NO3/c1-4-6-7-8-11-19-12-15(16-5-2,13-9-10-13)14(17)18-3/h13,16H,4-12H2,1-3H3. The summed E-state index contributed by atoms with van der Waals surface area (Å²) in [5, 5.41) is 3.31. The summed E-state index contributed by atoms with van der Waals surface area (Å²) in [6, 6.07) is 0. The van der Waals surface area contributed by atoms with Crippen LogP contribution in [0.15, 0.2) is 0 Å². The second-order valence-electron chi connectivity index (χ2n) is 5.38. The van der Waals surface area contributed by atoms with Gasteiger partial charge in [0.15, 0.2) is 0 Å². The molecule has 19 heavy (non-hydrogen) atoms. The molecule has 1 atom stereocenters. The highest BCUT2D eigenvalue weighted by Crippen LogP contribution is 2.40. The minimum atomic E-state index is -0.617. The van der Waals surface area contributed by atoms with Gasteiger partial charge in [0.1, 0.15) is 5.54 Å². The van der Waals surface area contributed by atoms with Gasteiger partial charge in [-0.25, -0.2) is 4.79 Å². The lowest BCUT2D eigenvalue weighted by molar-refractivity contribution is -0.153. The lowest BCUT2D eigenvalue weighted by Gasteiger charge is -2.31. The zero-order valence-corrected chi connectivity index (χ0v) is 12.7. The highest BCUT2D eigenvalue weighted by molar-refractivity contribution is 5.82. The summed E-state index contributed by atoms with van der Waals surface area (Å²) >= 11 is 0. The summed E-state index contributed by atoms with van der Waals surface area (Å²) in [4.78, 5) is 12.1. The summed E-state index contributed by atoms with van der Waals surface area (Å²) in [6.07, 6.45) is 6.92. The molecule has 1 N–H and O–H groups in total. The molecule has 1 unspecified atom stereocenters. The molecule has 0 aliphatic heterocycles. The van der Waals surface area contributed by atoms with Gasteiger partial charge in [-0.3, -0.25) is 5.32 Å². The van der Waals surface area contributed by atoms with E-state index in [0.717, 1.165) is 32.4 Å². The zero-order valence-electron chi connectivity index (χ0n) is 12.7. The number of hydrogen-bond acceptors (Lipinski definition) is 4. The predicted octanol–water partition coefficient (Wildman–Crippen LogP) is 2.51. The van der Waals surface area contributed by atoms with Crippen molar-refractivity contribution in [3.63, 3.8) is 0 Å². The lowest BCUT2D eigenvalue weighted by Crippen LogP contribution is -2.58. The van der Waals surface area contributed by atoms with Crippen LogP contribution in [0.3, 0.4) is 0 Å². The lowest BCUT2D eigenvalue weighted by atomic mass is 9.94. The Bertz CT molecular complexity index is 266. The fourth-order valence-electron chi connectivity index (χ4n) is 2.55. The number of carbonyl (C=O) groups excluding carboxylic acids is 1. The molecule has 4 nitrogen and oxygen atoms in total. The minimum absolute atomic E-state index is 0.176. The van der Waals surface area contributed by atoms with Gasteiger partial charge in [-0.05, 0) is 31.7 Å². The van der Waals surface area contributed by atoms with Crippen LogP contribution in [0.4, 0.5) is 0 Å². The molecule has 112 valence electrons. The molecule has 1 saturated carbocycles. The normalized spacial score (nSPS) is 18.1. The number of unbranched alkanes of at least 4 members (excludes halogenated alkanes) is 3. The van der Waals surface area contributed by atoms with Crippen molar-refractivity contribution < 1.29 is 14.3 Å². The summed E-state index contributed by atoms with van der Waals surface area (Å²) in [7, 11) is 1.46. The predicted molar refractivity (Wildman–Crippen MR) is 76.1 cm³/mol. The minimum Gasteiger partial charge on any atom is -0.468 e. The fourth-order valence-corrected chi connectivity index (χ4v) is 2.55. The topological polar surface area (TPSA) is 47.6 Å². The van der Waals surface area contributed by atoms with Crippen LogP contribution in [-0.2, 0) is 14.3 Å². The van der Waals surface area contributed by atoms with Crippen LogP contribution in [0.5, 0.6) is 0 Å². The molecule has 1 aliphatic carbocycles. The summed E-state index contributed by atoms with van der Waals surface area (Å²) in [6.45, 7) is 6.13. The first-order valence-corrected chi connectivity index (χ1v) is 7.62. The highest BCUT2D eigenvalue weighted by atomic mass is 16.5. The van der Waals surface area contributed by atoms with Crippen LogP contribution >= 0.6 is 0 Å². The number of carbonyl (C=O) groups is 1. The quantitative estimate of drug-likeness (QED) is 0.463. The van der Waals surface area contributed by atoms with Crippen LogP contribution in [0.2, 0.25) is 0 Å². The van der Waals surface area contributed by atoms with Gasteiger partial charge in [0.25, 0.3) is 0 Å². The van der Waals surface area contributed by atoms with E-state index < -0.39 is 5.54 Å². The molecular weight excluding hydrogens is 242 g/mol. The van der Waals surface area contributed by atoms with Crippen molar-refractivity contribution in [2.24, 2.45) is 5.92 Å². The number of ether oxygens (including phenoxy) is 2. The monoisotopic (exact) mass is 271 g/mol. The summed E-state index contributed by atoms with van der Waals surface area (Å²) in [5.41, 5.74) is -0.617. The molecule has 0 bridgehead atoms. The Hall–Kier alpha value is -0.610. The first-order chi connectivity index (χ1) is 9.21. The van der Waals surface area contributed by atoms with E-state index >= 15 is 0 Å². The maximum Gasteiger partial charge on any atom is 0.328 e. The molecule has 0 radical (unpaired) electrons. The molecule has 1 rings (SSSR count). The van der Waals surface area contributed by atoms with Crippen LogP contribution < -0.4 is 5.32 Å². The Kier molecular flexibility index (Phi) is 7.39. The van der Waals surface area contributed by atoms with E-state index in [-0.39, 0.29) is 5.97 Å². The Labute approximate surface area is 117 Å². The Morgan fingerprint density at radius 2 is 2.00 bits per heavy atom. The van der Waals surface area contributed by atoms with Gasteiger partial charge >= 0.3 is 5.97 Å². The largest absolute Gasteiger partial charge is 0.468 e. The SMILES string of the molecule is CCCCCCOCC(NCC)(C(=O)OC)C1CC1. The maximum atomic E-state index is 12.1. The van der Waals surface area contributed by atoms with Crippen molar-refractivity contribution in [2.75, 3.05) is 26.9 Å². The van der Waals surface area contributed by atoms with E-state index in [9.17, 15) is 4.79 Å². The fraction of sp³-hybridized carbons (Fsp3) is 0.933. The van der Waals surface area contributed by atoms with Gasteiger partial charge < -0.3 is 9.47 Å². The second-order valence-corrected chi connectivity index (χ2v) is 5.38. The van der Waals surface area contributed by atoms with Gasteiger partial charge in [-0.1, -0.05) is 33.1 Å². The summed E-state index contributed by atoms with van der Waals surface area (Å²) in [5.74, 6) is 0.195. The van der Waals surface area contributed by atoms with Crippen molar-refractivity contribution in [3.05, 3.63) is 0 Å². The van der Waals surface area contributed by atoms with Crippen molar-refractivity contribution in [1.82, 2.24) is 5.32 Å². The highest BCUT2D eigenvalue weighted by Gasteiger charge is 2.51. The third-order valence-corrected chi connectivity index (χ3v) is 3.79. The van der Waals surface area contributed by atoms with Crippen molar-refractivity contribution >= 4 is 5.97 Å². The second kappa shape index (κ2) is 8.54. The third-order valence-electron chi connectivity index (χ3n) is 3.79. The van der Waals surface area contributed by atoms with Crippen LogP contribution in [0.1, 0.15) is 52.4 Å². The molecule has 1 fully saturated rings. The van der Waals surface area contributed by atoms with E-state index in [1.807, 2.05) is 6.92 Å². The summed E-state index contributed by atoms with van der Waals surface area (Å²) < 4.78 is 10.7.